The van der Waals surface area contributed by atoms with E-state index in [9.17, 15) is 4.79 Å². The molecule has 3 unspecified atom stereocenters. The molecule has 0 spiro atoms. The summed E-state index contributed by atoms with van der Waals surface area (Å²) in [7, 11) is 1.80. The molecule has 0 saturated carbocycles. The number of amides is 1. The number of nitrogens with zero attached hydrogens (tertiary/aromatic N) is 3. The number of carbonyl (C=O) groups excluding carboxylic acids is 1. The van der Waals surface area contributed by atoms with Crippen molar-refractivity contribution in [3.63, 3.8) is 0 Å². The lowest BCUT2D eigenvalue weighted by Crippen LogP contribution is -2.48. The molecule has 7 heteroatoms. The van der Waals surface area contributed by atoms with E-state index in [0.29, 0.717) is 25.7 Å². The van der Waals surface area contributed by atoms with Crippen molar-refractivity contribution in [2.45, 2.75) is 72.3 Å². The maximum absolute atomic E-state index is 12.8. The minimum atomic E-state index is 0.0718. The Labute approximate surface area is 194 Å². The van der Waals surface area contributed by atoms with Crippen LogP contribution in [0.25, 0.3) is 0 Å². The highest BCUT2D eigenvalue weighted by atomic mass is 16.5. The van der Waals surface area contributed by atoms with Crippen molar-refractivity contribution >= 4 is 11.9 Å². The van der Waals surface area contributed by atoms with Crippen LogP contribution in [0.2, 0.25) is 0 Å². The molecule has 1 aromatic rings. The van der Waals surface area contributed by atoms with Gasteiger partial charge in [0.15, 0.2) is 5.96 Å². The molecule has 0 bridgehead atoms. The Morgan fingerprint density at radius 1 is 1.19 bits per heavy atom. The van der Waals surface area contributed by atoms with Crippen LogP contribution in [0.4, 0.5) is 0 Å². The molecule has 2 N–H and O–H groups in total. The van der Waals surface area contributed by atoms with Crippen LogP contribution in [0, 0.1) is 0 Å². The van der Waals surface area contributed by atoms with Crippen molar-refractivity contribution in [3.05, 3.63) is 35.4 Å². The second kappa shape index (κ2) is 13.4. The number of benzene rings is 1. The van der Waals surface area contributed by atoms with Crippen molar-refractivity contribution in [2.75, 3.05) is 39.8 Å². The van der Waals surface area contributed by atoms with Gasteiger partial charge in [-0.2, -0.15) is 0 Å². The first-order valence-corrected chi connectivity index (χ1v) is 12.1. The van der Waals surface area contributed by atoms with Crippen LogP contribution in [-0.2, 0) is 11.3 Å². The van der Waals surface area contributed by atoms with E-state index in [-0.39, 0.29) is 18.1 Å². The first kappa shape index (κ1) is 26.1. The Bertz CT molecular complexity index is 708. The van der Waals surface area contributed by atoms with Crippen LogP contribution in [0.3, 0.4) is 0 Å². The van der Waals surface area contributed by atoms with Gasteiger partial charge in [-0.15, -0.1) is 0 Å². The predicted octanol–water partition coefficient (Wildman–Crippen LogP) is 3.11. The lowest BCUT2D eigenvalue weighted by Gasteiger charge is -2.35. The van der Waals surface area contributed by atoms with Gasteiger partial charge in [-0.25, -0.2) is 0 Å². The molecule has 7 nitrogen and oxygen atoms in total. The molecule has 180 valence electrons. The van der Waals surface area contributed by atoms with Gasteiger partial charge in [-0.05, 0) is 70.9 Å². The second-order valence-electron chi connectivity index (χ2n) is 8.80. The van der Waals surface area contributed by atoms with E-state index in [1.165, 1.54) is 6.42 Å². The van der Waals surface area contributed by atoms with Gasteiger partial charge in [0.2, 0.25) is 0 Å². The summed E-state index contributed by atoms with van der Waals surface area (Å²) in [6.07, 6.45) is 2.42. The van der Waals surface area contributed by atoms with E-state index < -0.39 is 0 Å². The summed E-state index contributed by atoms with van der Waals surface area (Å²) in [5, 5.41) is 6.85. The third-order valence-electron chi connectivity index (χ3n) is 5.98. The summed E-state index contributed by atoms with van der Waals surface area (Å²) in [5.41, 5.74) is 1.83. The van der Waals surface area contributed by atoms with Crippen molar-refractivity contribution in [1.29, 1.82) is 0 Å². The largest absolute Gasteiger partial charge is 0.372 e. The van der Waals surface area contributed by atoms with Gasteiger partial charge in [0.05, 0.1) is 12.2 Å². The molecule has 1 aliphatic heterocycles. The van der Waals surface area contributed by atoms with E-state index >= 15 is 0 Å². The molecule has 32 heavy (non-hydrogen) atoms. The second-order valence-corrected chi connectivity index (χ2v) is 8.80. The number of nitrogens with one attached hydrogen (secondary N) is 2. The highest BCUT2D eigenvalue weighted by Gasteiger charge is 2.26. The molecule has 0 radical (unpaired) electrons. The summed E-state index contributed by atoms with van der Waals surface area (Å²) in [6, 6.07) is 8.20. The lowest BCUT2D eigenvalue weighted by molar-refractivity contribution is -0.0586. The first-order valence-electron chi connectivity index (χ1n) is 12.1. The topological polar surface area (TPSA) is 69.2 Å². The normalized spacial score (nSPS) is 20.3. The Morgan fingerprint density at radius 2 is 1.81 bits per heavy atom. The summed E-state index contributed by atoms with van der Waals surface area (Å²) < 4.78 is 5.73. The molecule has 1 aromatic carbocycles. The third-order valence-corrected chi connectivity index (χ3v) is 5.98. The molecule has 1 fully saturated rings. The van der Waals surface area contributed by atoms with Gasteiger partial charge in [-0.1, -0.05) is 26.0 Å². The quantitative estimate of drug-likeness (QED) is 0.428. The number of guanidine groups is 1. The molecule has 1 saturated heterocycles. The van der Waals surface area contributed by atoms with Gasteiger partial charge in [-0.3, -0.25) is 9.79 Å². The molecule has 1 amide bonds. The fourth-order valence-electron chi connectivity index (χ4n) is 4.14. The van der Waals surface area contributed by atoms with Crippen molar-refractivity contribution in [2.24, 2.45) is 4.99 Å². The molecule has 1 heterocycles. The van der Waals surface area contributed by atoms with Crippen LogP contribution in [0.1, 0.15) is 63.4 Å². The highest BCUT2D eigenvalue weighted by molar-refractivity contribution is 5.94. The Kier molecular flexibility index (Phi) is 11.0. The molecule has 0 aliphatic carbocycles. The van der Waals surface area contributed by atoms with Crippen LogP contribution < -0.4 is 10.6 Å². The van der Waals surface area contributed by atoms with Gasteiger partial charge >= 0.3 is 0 Å². The molecular weight excluding hydrogens is 402 g/mol. The van der Waals surface area contributed by atoms with Gasteiger partial charge in [0, 0.05) is 38.3 Å². The Balaban J connectivity index is 1.79. The van der Waals surface area contributed by atoms with Crippen molar-refractivity contribution in [1.82, 2.24) is 20.4 Å². The fourth-order valence-corrected chi connectivity index (χ4v) is 4.14. The SMILES string of the molecule is CCN(CC)CCCC(C)NC(=NC)NCc1ccc(C(=O)N2CC(C)OC(C)C2)cc1. The number of ether oxygens (including phenoxy) is 1. The predicted molar refractivity (Wildman–Crippen MR) is 132 cm³/mol. The van der Waals surface area contributed by atoms with Crippen molar-refractivity contribution in [3.8, 4) is 0 Å². The third kappa shape index (κ3) is 8.43. The van der Waals surface area contributed by atoms with Crippen LogP contribution in [0.5, 0.6) is 0 Å². The van der Waals surface area contributed by atoms with Crippen LogP contribution in [0.15, 0.2) is 29.3 Å². The van der Waals surface area contributed by atoms with Gasteiger partial charge in [0.1, 0.15) is 0 Å². The average Bonchev–Trinajstić information content (AvgIpc) is 2.78. The number of hydrogen-bond acceptors (Lipinski definition) is 4. The Hall–Kier alpha value is -2.12. The van der Waals surface area contributed by atoms with E-state index in [1.54, 1.807) is 7.05 Å². The van der Waals surface area contributed by atoms with Gasteiger partial charge in [0.25, 0.3) is 5.91 Å². The zero-order valence-electron chi connectivity index (χ0n) is 20.9. The van der Waals surface area contributed by atoms with Crippen LogP contribution >= 0.6 is 0 Å². The number of morpholine rings is 1. The molecular formula is C25H43N5O2. The molecule has 0 aromatic heterocycles. The van der Waals surface area contributed by atoms with E-state index in [1.807, 2.05) is 43.0 Å². The first-order chi connectivity index (χ1) is 15.4. The number of rotatable bonds is 10. The average molecular weight is 446 g/mol. The molecule has 2 rings (SSSR count). The minimum Gasteiger partial charge on any atom is -0.372 e. The Morgan fingerprint density at radius 3 is 2.38 bits per heavy atom. The maximum Gasteiger partial charge on any atom is 0.254 e. The van der Waals surface area contributed by atoms with Gasteiger partial charge < -0.3 is 25.2 Å². The van der Waals surface area contributed by atoms with E-state index in [2.05, 4.69) is 41.3 Å². The summed E-state index contributed by atoms with van der Waals surface area (Å²) >= 11 is 0. The zero-order valence-corrected chi connectivity index (χ0v) is 20.9. The zero-order chi connectivity index (χ0) is 23.5. The van der Waals surface area contributed by atoms with E-state index in [0.717, 1.165) is 43.1 Å². The summed E-state index contributed by atoms with van der Waals surface area (Å²) in [4.78, 5) is 21.5. The molecule has 1 aliphatic rings. The number of carbonyl (C=O) groups is 1. The standard InChI is InChI=1S/C25H43N5O2/c1-7-29(8-2)15-9-10-19(3)28-25(26-6)27-16-22-11-13-23(14-12-22)24(31)30-17-20(4)32-21(5)18-30/h11-14,19-21H,7-10,15-18H2,1-6H3,(H2,26,27,28). The van der Waals surface area contributed by atoms with E-state index in [4.69, 9.17) is 4.74 Å². The highest BCUT2D eigenvalue weighted by Crippen LogP contribution is 2.15. The monoisotopic (exact) mass is 445 g/mol. The number of hydrogen-bond donors (Lipinski definition) is 2. The lowest BCUT2D eigenvalue weighted by atomic mass is 10.1. The van der Waals surface area contributed by atoms with Crippen LogP contribution in [-0.4, -0.2) is 79.7 Å². The minimum absolute atomic E-state index is 0.0718. The fraction of sp³-hybridized carbons (Fsp3) is 0.680. The summed E-state index contributed by atoms with van der Waals surface area (Å²) in [6.45, 7) is 15.9. The molecule has 3 atom stereocenters. The smallest absolute Gasteiger partial charge is 0.254 e. The number of aliphatic imine (C=N–C) groups is 1. The van der Waals surface area contributed by atoms with Crippen molar-refractivity contribution < 1.29 is 9.53 Å². The summed E-state index contributed by atoms with van der Waals surface area (Å²) in [5.74, 6) is 0.874. The maximum atomic E-state index is 12.8.